The van der Waals surface area contributed by atoms with Gasteiger partial charge in [-0.05, 0) is 17.2 Å². The van der Waals surface area contributed by atoms with Crippen LogP contribution in [0.1, 0.15) is 27.5 Å². The van der Waals surface area contributed by atoms with Crippen molar-refractivity contribution >= 4 is 28.5 Å². The third kappa shape index (κ3) is 3.16. The van der Waals surface area contributed by atoms with Crippen molar-refractivity contribution in [2.75, 3.05) is 6.54 Å². The molecule has 0 saturated heterocycles. The number of aromatic amines is 1. The lowest BCUT2D eigenvalue weighted by Gasteiger charge is -2.18. The van der Waals surface area contributed by atoms with E-state index in [1.165, 1.54) is 17.1 Å². The smallest absolute Gasteiger partial charge is 0.272 e. The van der Waals surface area contributed by atoms with Gasteiger partial charge in [0.25, 0.3) is 5.91 Å². The van der Waals surface area contributed by atoms with Crippen molar-refractivity contribution in [3.8, 4) is 0 Å². The highest BCUT2D eigenvalue weighted by Crippen LogP contribution is 2.30. The molecule has 6 heteroatoms. The second kappa shape index (κ2) is 6.86. The molecule has 1 atom stereocenters. The molecule has 0 unspecified atom stereocenters. The molecule has 0 fully saturated rings. The highest BCUT2D eigenvalue weighted by Gasteiger charge is 2.19. The zero-order valence-corrected chi connectivity index (χ0v) is 14.2. The fourth-order valence-electron chi connectivity index (χ4n) is 3.02. The van der Waals surface area contributed by atoms with E-state index in [0.29, 0.717) is 12.2 Å². The van der Waals surface area contributed by atoms with E-state index in [4.69, 9.17) is 0 Å². The largest absolute Gasteiger partial charge is 0.361 e. The summed E-state index contributed by atoms with van der Waals surface area (Å²) in [6.07, 6.45) is 3.52. The van der Waals surface area contributed by atoms with Gasteiger partial charge >= 0.3 is 0 Å². The normalized spacial score (nSPS) is 12.2. The fraction of sp³-hybridized carbons (Fsp3) is 0.105. The number of rotatable bonds is 5. The molecule has 0 spiro atoms. The minimum atomic E-state index is -0.200. The molecule has 0 aliphatic carbocycles. The fourth-order valence-corrected chi connectivity index (χ4v) is 3.44. The van der Waals surface area contributed by atoms with E-state index in [9.17, 15) is 4.79 Å². The number of amides is 1. The zero-order chi connectivity index (χ0) is 17.1. The maximum Gasteiger partial charge on any atom is 0.272 e. The van der Waals surface area contributed by atoms with Gasteiger partial charge in [0, 0.05) is 29.6 Å². The number of aromatic nitrogens is 3. The number of fused-ring (bicyclic) bond motifs is 1. The quantitative estimate of drug-likeness (QED) is 0.579. The third-order valence-electron chi connectivity index (χ3n) is 4.26. The first kappa shape index (κ1) is 15.5. The number of carbonyl (C=O) groups is 1. The van der Waals surface area contributed by atoms with Gasteiger partial charge in [-0.1, -0.05) is 48.5 Å². The summed E-state index contributed by atoms with van der Waals surface area (Å²) in [4.78, 5) is 15.6. The molecule has 124 valence electrons. The van der Waals surface area contributed by atoms with Crippen LogP contribution < -0.4 is 5.32 Å². The van der Waals surface area contributed by atoms with E-state index in [1.54, 1.807) is 0 Å². The molecule has 0 bridgehead atoms. The summed E-state index contributed by atoms with van der Waals surface area (Å²) >= 11 is 1.03. The van der Waals surface area contributed by atoms with Crippen molar-refractivity contribution < 1.29 is 4.79 Å². The van der Waals surface area contributed by atoms with Crippen LogP contribution in [0.25, 0.3) is 10.9 Å². The second-order valence-corrected chi connectivity index (χ2v) is 6.31. The van der Waals surface area contributed by atoms with E-state index >= 15 is 0 Å². The Hall–Kier alpha value is -2.99. The Bertz CT molecular complexity index is 979. The first-order valence-electron chi connectivity index (χ1n) is 7.99. The third-order valence-corrected chi connectivity index (χ3v) is 4.74. The summed E-state index contributed by atoms with van der Waals surface area (Å²) in [5.74, 6) is -0.151. The molecular weight excluding hydrogens is 332 g/mol. The Morgan fingerprint density at radius 2 is 1.92 bits per heavy atom. The minimum Gasteiger partial charge on any atom is -0.361 e. The summed E-state index contributed by atoms with van der Waals surface area (Å²) < 4.78 is 7.88. The molecule has 2 aromatic heterocycles. The molecule has 2 N–H and O–H groups in total. The molecular formula is C19H16N4OS. The monoisotopic (exact) mass is 348 g/mol. The van der Waals surface area contributed by atoms with Crippen LogP contribution in [0.3, 0.4) is 0 Å². The van der Waals surface area contributed by atoms with Gasteiger partial charge in [-0.25, -0.2) is 0 Å². The van der Waals surface area contributed by atoms with E-state index in [0.717, 1.165) is 22.8 Å². The second-order valence-electron chi connectivity index (χ2n) is 5.76. The lowest BCUT2D eigenvalue weighted by molar-refractivity contribution is 0.0948. The van der Waals surface area contributed by atoms with Gasteiger partial charge in [0.15, 0.2) is 5.69 Å². The summed E-state index contributed by atoms with van der Waals surface area (Å²) in [6, 6.07) is 18.4. The van der Waals surface area contributed by atoms with E-state index < -0.39 is 0 Å². The minimum absolute atomic E-state index is 0.0490. The van der Waals surface area contributed by atoms with Crippen LogP contribution in [0.2, 0.25) is 0 Å². The summed E-state index contributed by atoms with van der Waals surface area (Å²) in [5.41, 5.74) is 3.77. The Morgan fingerprint density at radius 1 is 1.12 bits per heavy atom. The summed E-state index contributed by atoms with van der Waals surface area (Å²) in [5, 5.41) is 4.16. The van der Waals surface area contributed by atoms with Crippen molar-refractivity contribution in [3.05, 3.63) is 83.8 Å². The van der Waals surface area contributed by atoms with Crippen molar-refractivity contribution in [1.82, 2.24) is 19.0 Å². The van der Waals surface area contributed by atoms with Gasteiger partial charge in [0.05, 0.1) is 17.9 Å². The topological polar surface area (TPSA) is 70.7 Å². The van der Waals surface area contributed by atoms with E-state index in [-0.39, 0.29) is 11.8 Å². The highest BCUT2D eigenvalue weighted by molar-refractivity contribution is 6.99. The number of H-pyrrole nitrogens is 1. The van der Waals surface area contributed by atoms with Crippen LogP contribution in [-0.2, 0) is 0 Å². The molecule has 2 heterocycles. The van der Waals surface area contributed by atoms with E-state index in [1.807, 2.05) is 36.5 Å². The molecule has 0 aliphatic heterocycles. The molecule has 4 aromatic rings. The van der Waals surface area contributed by atoms with Crippen molar-refractivity contribution in [3.63, 3.8) is 0 Å². The lowest BCUT2D eigenvalue weighted by Crippen LogP contribution is -2.29. The maximum atomic E-state index is 12.3. The van der Waals surface area contributed by atoms with Gasteiger partial charge in [0.1, 0.15) is 0 Å². The van der Waals surface area contributed by atoms with Crippen LogP contribution >= 0.6 is 11.7 Å². The number of hydrogen-bond donors (Lipinski definition) is 2. The first-order chi connectivity index (χ1) is 12.3. The maximum absolute atomic E-state index is 12.3. The van der Waals surface area contributed by atoms with Crippen LogP contribution in [0.5, 0.6) is 0 Å². The van der Waals surface area contributed by atoms with Crippen LogP contribution in [0, 0.1) is 0 Å². The van der Waals surface area contributed by atoms with E-state index in [2.05, 4.69) is 43.3 Å². The van der Waals surface area contributed by atoms with Crippen LogP contribution in [0.4, 0.5) is 0 Å². The molecule has 0 saturated carbocycles. The SMILES string of the molecule is O=C(NC[C@H](c1ccccc1)c1c[nH]c2ccccc12)c1cnsn1. The van der Waals surface area contributed by atoms with Gasteiger partial charge < -0.3 is 10.3 Å². The Labute approximate surface area is 149 Å². The standard InChI is InChI=1S/C19H16N4OS/c24-19(18-12-22-25-23-18)21-10-15(13-6-2-1-3-7-13)16-11-20-17-9-5-4-8-14(16)17/h1-9,11-12,15,20H,10H2,(H,21,24)/t15-/m1/s1. The summed E-state index contributed by atoms with van der Waals surface area (Å²) in [7, 11) is 0. The highest BCUT2D eigenvalue weighted by atomic mass is 32.1. The number of nitrogens with zero attached hydrogens (tertiary/aromatic N) is 2. The molecule has 0 aliphatic rings. The number of para-hydroxylation sites is 1. The lowest BCUT2D eigenvalue weighted by atomic mass is 9.91. The van der Waals surface area contributed by atoms with Crippen LogP contribution in [-0.4, -0.2) is 26.2 Å². The Morgan fingerprint density at radius 3 is 2.72 bits per heavy atom. The van der Waals surface area contributed by atoms with Gasteiger partial charge in [-0.15, -0.1) is 0 Å². The Balaban J connectivity index is 1.66. The molecule has 5 nitrogen and oxygen atoms in total. The average Bonchev–Trinajstić information content (AvgIpc) is 3.33. The van der Waals surface area contributed by atoms with Crippen molar-refractivity contribution in [2.45, 2.75) is 5.92 Å². The predicted molar refractivity (Wildman–Crippen MR) is 98.8 cm³/mol. The predicted octanol–water partition coefficient (Wildman–Crippen LogP) is 3.58. The van der Waals surface area contributed by atoms with Gasteiger partial charge in [-0.3, -0.25) is 4.79 Å². The first-order valence-corrected chi connectivity index (χ1v) is 8.72. The Kier molecular flexibility index (Phi) is 4.26. The number of nitrogens with one attached hydrogen (secondary N) is 2. The zero-order valence-electron chi connectivity index (χ0n) is 13.3. The number of benzene rings is 2. The molecule has 4 rings (SSSR count). The molecule has 0 radical (unpaired) electrons. The van der Waals surface area contributed by atoms with Crippen molar-refractivity contribution in [1.29, 1.82) is 0 Å². The molecule has 1 amide bonds. The average molecular weight is 348 g/mol. The van der Waals surface area contributed by atoms with Gasteiger partial charge in [0.2, 0.25) is 0 Å². The van der Waals surface area contributed by atoms with Crippen molar-refractivity contribution in [2.24, 2.45) is 0 Å². The number of carbonyl (C=O) groups excluding carboxylic acids is 1. The molecule has 2 aromatic carbocycles. The van der Waals surface area contributed by atoms with Gasteiger partial charge in [-0.2, -0.15) is 8.75 Å². The number of hydrogen-bond acceptors (Lipinski definition) is 4. The molecule has 25 heavy (non-hydrogen) atoms. The summed E-state index contributed by atoms with van der Waals surface area (Å²) in [6.45, 7) is 0.488. The van der Waals surface area contributed by atoms with Crippen LogP contribution in [0.15, 0.2) is 67.0 Å².